The zero-order valence-electron chi connectivity index (χ0n) is 11.0. The van der Waals surface area contributed by atoms with Crippen LogP contribution in [0.25, 0.3) is 0 Å². The van der Waals surface area contributed by atoms with E-state index in [1.165, 1.54) is 19.4 Å². The van der Waals surface area contributed by atoms with Crippen molar-refractivity contribution in [2.24, 2.45) is 0 Å². The molecule has 1 heterocycles. The maximum atomic E-state index is 11.7. The van der Waals surface area contributed by atoms with Crippen molar-refractivity contribution < 1.29 is 14.3 Å². The first-order chi connectivity index (χ1) is 9.51. The largest absolute Gasteiger partial charge is 0.465 e. The minimum atomic E-state index is -0.549. The average Bonchev–Trinajstić information content (AvgIpc) is 2.43. The molecule has 0 aliphatic carbocycles. The fourth-order valence-electron chi connectivity index (χ4n) is 1.59. The first-order valence-electron chi connectivity index (χ1n) is 5.79. The van der Waals surface area contributed by atoms with Crippen LogP contribution in [0, 0.1) is 6.92 Å². The van der Waals surface area contributed by atoms with Gasteiger partial charge in [0.05, 0.1) is 19.0 Å². The van der Waals surface area contributed by atoms with Gasteiger partial charge in [0, 0.05) is 4.47 Å². The Morgan fingerprint density at radius 1 is 1.35 bits per heavy atom. The molecule has 2 aromatic rings. The normalized spacial score (nSPS) is 10.2. The molecular formula is C14H13BrN2O3. The van der Waals surface area contributed by atoms with Gasteiger partial charge in [-0.1, -0.05) is 22.0 Å². The molecule has 0 aliphatic heterocycles. The van der Waals surface area contributed by atoms with Crippen molar-refractivity contribution in [3.8, 4) is 11.6 Å². The van der Waals surface area contributed by atoms with Crippen LogP contribution >= 0.6 is 15.9 Å². The minimum absolute atomic E-state index is 0.159. The van der Waals surface area contributed by atoms with Gasteiger partial charge in [-0.3, -0.25) is 0 Å². The number of hydrogen-bond acceptors (Lipinski definition) is 5. The minimum Gasteiger partial charge on any atom is -0.465 e. The summed E-state index contributed by atoms with van der Waals surface area (Å²) in [7, 11) is 1.29. The number of nitrogens with two attached hydrogens (primary N) is 1. The van der Waals surface area contributed by atoms with Crippen LogP contribution in [-0.4, -0.2) is 18.1 Å². The highest BCUT2D eigenvalue weighted by Gasteiger charge is 2.16. The van der Waals surface area contributed by atoms with E-state index in [0.717, 1.165) is 10.0 Å². The molecule has 0 unspecified atom stereocenters. The summed E-state index contributed by atoms with van der Waals surface area (Å²) in [6, 6.07) is 7.07. The number of esters is 1. The molecule has 0 aliphatic rings. The van der Waals surface area contributed by atoms with Gasteiger partial charge in [-0.15, -0.1) is 0 Å². The Hall–Kier alpha value is -2.08. The number of hydrogen-bond donors (Lipinski definition) is 1. The molecule has 1 aromatic carbocycles. The lowest BCUT2D eigenvalue weighted by atomic mass is 10.2. The molecule has 0 radical (unpaired) electrons. The highest BCUT2D eigenvalue weighted by molar-refractivity contribution is 9.10. The Labute approximate surface area is 124 Å². The molecule has 0 saturated carbocycles. The van der Waals surface area contributed by atoms with E-state index in [1.807, 2.05) is 19.1 Å². The van der Waals surface area contributed by atoms with Crippen LogP contribution in [0.4, 0.5) is 5.69 Å². The molecule has 0 saturated heterocycles. The SMILES string of the molecule is COC(=O)c1cc(N)cnc1Oc1cc(Br)ccc1C. The lowest BCUT2D eigenvalue weighted by Crippen LogP contribution is -2.06. The van der Waals surface area contributed by atoms with E-state index in [2.05, 4.69) is 20.9 Å². The number of carbonyl (C=O) groups excluding carboxylic acids is 1. The summed E-state index contributed by atoms with van der Waals surface area (Å²) in [6.07, 6.45) is 1.43. The Morgan fingerprint density at radius 3 is 2.80 bits per heavy atom. The van der Waals surface area contributed by atoms with Crippen LogP contribution in [0.5, 0.6) is 11.6 Å². The van der Waals surface area contributed by atoms with Crippen LogP contribution in [0.1, 0.15) is 15.9 Å². The van der Waals surface area contributed by atoms with Crippen molar-refractivity contribution in [2.45, 2.75) is 6.92 Å². The highest BCUT2D eigenvalue weighted by atomic mass is 79.9. The molecule has 2 N–H and O–H groups in total. The topological polar surface area (TPSA) is 74.4 Å². The molecule has 0 spiro atoms. The predicted molar refractivity (Wildman–Crippen MR) is 78.9 cm³/mol. The van der Waals surface area contributed by atoms with E-state index >= 15 is 0 Å². The molecule has 0 bridgehead atoms. The van der Waals surface area contributed by atoms with Crippen LogP contribution in [-0.2, 0) is 4.74 Å². The van der Waals surface area contributed by atoms with Crippen LogP contribution in [0.3, 0.4) is 0 Å². The summed E-state index contributed by atoms with van der Waals surface area (Å²) in [4.78, 5) is 15.8. The summed E-state index contributed by atoms with van der Waals surface area (Å²) in [5.74, 6) is 0.210. The quantitative estimate of drug-likeness (QED) is 0.870. The van der Waals surface area contributed by atoms with Gasteiger partial charge in [-0.25, -0.2) is 9.78 Å². The van der Waals surface area contributed by atoms with Gasteiger partial charge in [0.1, 0.15) is 11.3 Å². The Bertz CT molecular complexity index is 659. The summed E-state index contributed by atoms with van der Waals surface area (Å²) in [5.41, 5.74) is 7.10. The van der Waals surface area contributed by atoms with Crippen LogP contribution in [0.15, 0.2) is 34.9 Å². The number of anilines is 1. The molecule has 1 aromatic heterocycles. The van der Waals surface area contributed by atoms with Gasteiger partial charge >= 0.3 is 5.97 Å². The summed E-state index contributed by atoms with van der Waals surface area (Å²) < 4.78 is 11.3. The van der Waals surface area contributed by atoms with Gasteiger partial charge in [-0.2, -0.15) is 0 Å². The van der Waals surface area contributed by atoms with Crippen molar-refractivity contribution >= 4 is 27.6 Å². The zero-order chi connectivity index (χ0) is 14.7. The molecule has 104 valence electrons. The van der Waals surface area contributed by atoms with E-state index in [-0.39, 0.29) is 11.4 Å². The second kappa shape index (κ2) is 5.92. The number of aromatic nitrogens is 1. The van der Waals surface area contributed by atoms with Gasteiger partial charge < -0.3 is 15.2 Å². The van der Waals surface area contributed by atoms with E-state index in [0.29, 0.717) is 11.4 Å². The van der Waals surface area contributed by atoms with Crippen molar-refractivity contribution in [2.75, 3.05) is 12.8 Å². The van der Waals surface area contributed by atoms with Crippen molar-refractivity contribution in [1.29, 1.82) is 0 Å². The Kier molecular flexibility index (Phi) is 4.24. The van der Waals surface area contributed by atoms with Gasteiger partial charge in [0.2, 0.25) is 5.88 Å². The molecule has 20 heavy (non-hydrogen) atoms. The van der Waals surface area contributed by atoms with E-state index in [4.69, 9.17) is 15.2 Å². The molecular weight excluding hydrogens is 324 g/mol. The number of ether oxygens (including phenoxy) is 2. The summed E-state index contributed by atoms with van der Waals surface area (Å²) in [5, 5.41) is 0. The third kappa shape index (κ3) is 3.08. The fourth-order valence-corrected chi connectivity index (χ4v) is 1.93. The van der Waals surface area contributed by atoms with Crippen molar-refractivity contribution in [3.63, 3.8) is 0 Å². The number of halogens is 1. The number of aryl methyl sites for hydroxylation is 1. The second-order valence-corrected chi connectivity index (χ2v) is 5.04. The first kappa shape index (κ1) is 14.3. The lowest BCUT2D eigenvalue weighted by Gasteiger charge is -2.11. The second-order valence-electron chi connectivity index (χ2n) is 4.12. The van der Waals surface area contributed by atoms with E-state index < -0.39 is 5.97 Å². The number of nitrogens with zero attached hydrogens (tertiary/aromatic N) is 1. The number of carbonyl (C=O) groups is 1. The number of pyridine rings is 1. The first-order valence-corrected chi connectivity index (χ1v) is 6.58. The number of rotatable bonds is 3. The number of benzene rings is 1. The van der Waals surface area contributed by atoms with Gasteiger partial charge in [-0.05, 0) is 30.7 Å². The molecule has 2 rings (SSSR count). The van der Waals surface area contributed by atoms with Gasteiger partial charge in [0.25, 0.3) is 0 Å². The van der Waals surface area contributed by atoms with Crippen LogP contribution in [0.2, 0.25) is 0 Å². The third-order valence-electron chi connectivity index (χ3n) is 2.63. The summed E-state index contributed by atoms with van der Waals surface area (Å²) >= 11 is 3.37. The van der Waals surface area contributed by atoms with E-state index in [9.17, 15) is 4.79 Å². The maximum Gasteiger partial charge on any atom is 0.343 e. The smallest absolute Gasteiger partial charge is 0.343 e. The zero-order valence-corrected chi connectivity index (χ0v) is 12.6. The monoisotopic (exact) mass is 336 g/mol. The lowest BCUT2D eigenvalue weighted by molar-refractivity contribution is 0.0597. The average molecular weight is 337 g/mol. The number of nitrogen functional groups attached to an aromatic ring is 1. The van der Waals surface area contributed by atoms with Crippen molar-refractivity contribution in [3.05, 3.63) is 46.1 Å². The molecule has 0 amide bonds. The molecule has 5 nitrogen and oxygen atoms in total. The third-order valence-corrected chi connectivity index (χ3v) is 3.13. The van der Waals surface area contributed by atoms with Crippen molar-refractivity contribution in [1.82, 2.24) is 4.98 Å². The molecule has 0 atom stereocenters. The molecule has 0 fully saturated rings. The summed E-state index contributed by atoms with van der Waals surface area (Å²) in [6.45, 7) is 1.90. The van der Waals surface area contributed by atoms with Crippen LogP contribution < -0.4 is 10.5 Å². The Balaban J connectivity index is 2.43. The Morgan fingerprint density at radius 2 is 2.10 bits per heavy atom. The number of methoxy groups -OCH3 is 1. The molecule has 6 heteroatoms. The fraction of sp³-hybridized carbons (Fsp3) is 0.143. The standard InChI is InChI=1S/C14H13BrN2O3/c1-8-3-4-9(15)5-12(8)20-13-11(14(18)19-2)6-10(16)7-17-13/h3-7H,16H2,1-2H3. The van der Waals surface area contributed by atoms with E-state index in [1.54, 1.807) is 6.07 Å². The maximum absolute atomic E-state index is 11.7. The predicted octanol–water partition coefficient (Wildman–Crippen LogP) is 3.31. The highest BCUT2D eigenvalue weighted by Crippen LogP contribution is 2.29. The van der Waals surface area contributed by atoms with Gasteiger partial charge in [0.15, 0.2) is 0 Å².